The number of aliphatic hydroxyl groups is 7. The predicted octanol–water partition coefficient (Wildman–Crippen LogP) is -5.97. The molecule has 1 aliphatic heterocycles. The molecule has 1 aliphatic rings. The Bertz CT molecular complexity index is 376. The largest absolute Gasteiger partial charge is 0.550 e. The van der Waals surface area contributed by atoms with Crippen LogP contribution in [0.25, 0.3) is 0 Å². The van der Waals surface area contributed by atoms with Crippen molar-refractivity contribution in [1.82, 2.24) is 0 Å². The van der Waals surface area contributed by atoms with Crippen LogP contribution in [0, 0.1) is 0 Å². The lowest BCUT2D eigenvalue weighted by Gasteiger charge is -2.42. The number of carbonyl (C=O) groups is 1. The monoisotopic (exact) mass is 341 g/mol. The highest BCUT2D eigenvalue weighted by Gasteiger charge is 2.46. The van der Waals surface area contributed by atoms with E-state index < -0.39 is 74.6 Å². The Morgan fingerprint density at radius 1 is 1.09 bits per heavy atom. The van der Waals surface area contributed by atoms with Crippen LogP contribution in [-0.2, 0) is 14.3 Å². The molecule has 1 heterocycles. The number of carbonyl (C=O) groups excluding carboxylic acids is 1. The van der Waals surface area contributed by atoms with E-state index >= 15 is 0 Å². The molecule has 0 aromatic rings. The molecule has 0 aromatic heterocycles. The van der Waals surface area contributed by atoms with Crippen molar-refractivity contribution in [2.75, 3.05) is 13.2 Å². The average Bonchev–Trinajstić information content (AvgIpc) is 2.50. The van der Waals surface area contributed by atoms with Gasteiger partial charge < -0.3 is 55.1 Å². The van der Waals surface area contributed by atoms with Gasteiger partial charge in [-0.05, 0) is 0 Å². The van der Waals surface area contributed by atoms with E-state index in [9.17, 15) is 35.4 Å². The predicted molar refractivity (Wildman–Crippen MR) is 67.4 cm³/mol. The molecule has 0 radical (unpaired) electrons. The quantitative estimate of drug-likeness (QED) is 0.221. The summed E-state index contributed by atoms with van der Waals surface area (Å²) in [6.07, 6.45) is -14.3. The van der Waals surface area contributed by atoms with Crippen molar-refractivity contribution in [3.05, 3.63) is 0 Å². The van der Waals surface area contributed by atoms with Gasteiger partial charge in [-0.3, -0.25) is 0 Å². The highest BCUT2D eigenvalue weighted by atomic mass is 16.7. The normalized spacial score (nSPS) is 35.5. The van der Waals surface area contributed by atoms with Crippen LogP contribution >= 0.6 is 0 Å². The van der Waals surface area contributed by atoms with E-state index in [1.54, 1.807) is 0 Å². The lowest BCUT2D eigenvalue weighted by Crippen LogP contribution is -2.61. The first kappa shape index (κ1) is 20.2. The van der Waals surface area contributed by atoms with Crippen LogP contribution in [0.4, 0.5) is 0 Å². The summed E-state index contributed by atoms with van der Waals surface area (Å²) in [6, 6.07) is 0. The van der Waals surface area contributed by atoms with Crippen molar-refractivity contribution in [3.63, 3.8) is 0 Å². The Morgan fingerprint density at radius 2 is 1.70 bits per heavy atom. The summed E-state index contributed by atoms with van der Waals surface area (Å²) in [5.41, 5.74) is 0. The molecule has 136 valence electrons. The zero-order valence-corrected chi connectivity index (χ0v) is 12.0. The molecule has 0 bridgehead atoms. The highest BCUT2D eigenvalue weighted by molar-refractivity contribution is 5.64. The molecule has 23 heavy (non-hydrogen) atoms. The fourth-order valence-electron chi connectivity index (χ4n) is 2.16. The third kappa shape index (κ3) is 5.04. The van der Waals surface area contributed by atoms with Gasteiger partial charge in [0.1, 0.15) is 36.6 Å². The SMILES string of the molecule is O=C([O-])C[C@@H](O)[C@H](OC1O[C@H](CO)[C@H](O)[C@H](O)[C@H]1O)[C@H](O)CO. The molecule has 1 unspecified atom stereocenters. The first-order chi connectivity index (χ1) is 10.7. The molecule has 0 spiro atoms. The molecule has 0 saturated carbocycles. The average molecular weight is 341 g/mol. The van der Waals surface area contributed by atoms with E-state index in [0.717, 1.165) is 0 Å². The summed E-state index contributed by atoms with van der Waals surface area (Å²) in [7, 11) is 0. The van der Waals surface area contributed by atoms with Crippen molar-refractivity contribution >= 4 is 5.97 Å². The van der Waals surface area contributed by atoms with E-state index in [1.165, 1.54) is 0 Å². The standard InChI is InChI=1S/C12H22O11/c13-2-5(16)11(4(15)1-7(17)18)23-12-10(21)9(20)8(19)6(3-14)22-12/h4-6,8-16,19-21H,1-3H2,(H,17,18)/p-1/t4-,5-,6-,8+,9+,10-,11+,12?/m1/s1. The molecule has 0 aromatic carbocycles. The number of carboxylic acid groups (broad SMARTS) is 1. The zero-order chi connectivity index (χ0) is 17.7. The lowest BCUT2D eigenvalue weighted by molar-refractivity contribution is -0.328. The molecule has 11 nitrogen and oxygen atoms in total. The maximum absolute atomic E-state index is 10.5. The summed E-state index contributed by atoms with van der Waals surface area (Å²) >= 11 is 0. The number of aliphatic carboxylic acids is 1. The van der Waals surface area contributed by atoms with Crippen molar-refractivity contribution in [2.45, 2.75) is 55.4 Å². The fraction of sp³-hybridized carbons (Fsp3) is 0.917. The minimum absolute atomic E-state index is 0.723. The Kier molecular flexibility index (Phi) is 7.73. The third-order valence-corrected chi connectivity index (χ3v) is 3.46. The van der Waals surface area contributed by atoms with Crippen molar-refractivity contribution in [1.29, 1.82) is 0 Å². The summed E-state index contributed by atoms with van der Waals surface area (Å²) in [6.45, 7) is -1.62. The maximum Gasteiger partial charge on any atom is 0.187 e. The summed E-state index contributed by atoms with van der Waals surface area (Å²) in [5.74, 6) is -1.65. The molecule has 11 heteroatoms. The van der Waals surface area contributed by atoms with Gasteiger partial charge in [0.2, 0.25) is 0 Å². The fourth-order valence-corrected chi connectivity index (χ4v) is 2.16. The van der Waals surface area contributed by atoms with Gasteiger partial charge in [0, 0.05) is 12.4 Å². The van der Waals surface area contributed by atoms with Gasteiger partial charge in [0.25, 0.3) is 0 Å². The van der Waals surface area contributed by atoms with E-state index in [0.29, 0.717) is 0 Å². The van der Waals surface area contributed by atoms with E-state index in [2.05, 4.69) is 0 Å². The molecule has 0 aliphatic carbocycles. The Balaban J connectivity index is 2.86. The first-order valence-electron chi connectivity index (χ1n) is 6.85. The minimum atomic E-state index is -1.81. The molecule has 1 saturated heterocycles. The first-order valence-corrected chi connectivity index (χ1v) is 6.85. The number of aliphatic hydroxyl groups excluding tert-OH is 7. The maximum atomic E-state index is 10.5. The topological polar surface area (TPSA) is 200 Å². The second-order valence-electron chi connectivity index (χ2n) is 5.19. The van der Waals surface area contributed by atoms with Crippen LogP contribution in [0.3, 0.4) is 0 Å². The second kappa shape index (κ2) is 8.82. The van der Waals surface area contributed by atoms with Gasteiger partial charge in [-0.15, -0.1) is 0 Å². The number of carboxylic acids is 1. The van der Waals surface area contributed by atoms with Gasteiger partial charge >= 0.3 is 0 Å². The van der Waals surface area contributed by atoms with E-state index in [1.807, 2.05) is 0 Å². The molecule has 1 fully saturated rings. The van der Waals surface area contributed by atoms with Crippen LogP contribution in [-0.4, -0.2) is 104 Å². The van der Waals surface area contributed by atoms with E-state index in [4.69, 9.17) is 19.7 Å². The molecule has 8 atom stereocenters. The van der Waals surface area contributed by atoms with Crippen LogP contribution in [0.5, 0.6) is 0 Å². The Hall–Kier alpha value is -0.890. The smallest absolute Gasteiger partial charge is 0.187 e. The number of hydrogen-bond donors (Lipinski definition) is 7. The van der Waals surface area contributed by atoms with Crippen LogP contribution < -0.4 is 5.11 Å². The van der Waals surface area contributed by atoms with E-state index in [-0.39, 0.29) is 0 Å². The molecule has 7 N–H and O–H groups in total. The van der Waals surface area contributed by atoms with Gasteiger partial charge in [-0.2, -0.15) is 0 Å². The summed E-state index contributed by atoms with van der Waals surface area (Å²) in [5, 5.41) is 76.9. The Morgan fingerprint density at radius 3 is 2.17 bits per heavy atom. The number of ether oxygens (including phenoxy) is 2. The Labute approximate surface area is 130 Å². The zero-order valence-electron chi connectivity index (χ0n) is 12.0. The van der Waals surface area contributed by atoms with Crippen molar-refractivity contribution < 1.29 is 55.1 Å². The minimum Gasteiger partial charge on any atom is -0.550 e. The molecule has 1 rings (SSSR count). The number of rotatable bonds is 8. The van der Waals surface area contributed by atoms with Gasteiger partial charge in [-0.25, -0.2) is 0 Å². The van der Waals surface area contributed by atoms with Gasteiger partial charge in [0.15, 0.2) is 6.29 Å². The third-order valence-electron chi connectivity index (χ3n) is 3.46. The summed E-state index contributed by atoms with van der Waals surface area (Å²) in [4.78, 5) is 10.5. The van der Waals surface area contributed by atoms with Gasteiger partial charge in [0.05, 0.1) is 19.3 Å². The molecule has 0 amide bonds. The van der Waals surface area contributed by atoms with Crippen LogP contribution in [0.1, 0.15) is 6.42 Å². The van der Waals surface area contributed by atoms with Crippen LogP contribution in [0.15, 0.2) is 0 Å². The van der Waals surface area contributed by atoms with Gasteiger partial charge in [-0.1, -0.05) is 0 Å². The molecular weight excluding hydrogens is 320 g/mol. The highest BCUT2D eigenvalue weighted by Crippen LogP contribution is 2.24. The number of hydrogen-bond acceptors (Lipinski definition) is 11. The molecular formula is C12H21O11-. The second-order valence-corrected chi connectivity index (χ2v) is 5.19. The van der Waals surface area contributed by atoms with Crippen molar-refractivity contribution in [2.24, 2.45) is 0 Å². The summed E-state index contributed by atoms with van der Waals surface area (Å²) < 4.78 is 10.1. The van der Waals surface area contributed by atoms with Crippen molar-refractivity contribution in [3.8, 4) is 0 Å². The van der Waals surface area contributed by atoms with Crippen LogP contribution in [0.2, 0.25) is 0 Å². The lowest BCUT2D eigenvalue weighted by atomic mass is 9.99.